The van der Waals surface area contributed by atoms with E-state index in [0.29, 0.717) is 13.1 Å². The van der Waals surface area contributed by atoms with Gasteiger partial charge in [0.2, 0.25) is 5.91 Å². The first-order chi connectivity index (χ1) is 12.0. The summed E-state index contributed by atoms with van der Waals surface area (Å²) in [6.07, 6.45) is 0.867. The van der Waals surface area contributed by atoms with E-state index < -0.39 is 0 Å². The molecular formula is C19H26N2O3S. The molecule has 1 atom stereocenters. The SMILES string of the molecule is COc1ccc(CN(C)C(C)C(=O)NCCc2cccs2)c(OC)c1. The van der Waals surface area contributed by atoms with Crippen molar-refractivity contribution in [1.82, 2.24) is 10.2 Å². The van der Waals surface area contributed by atoms with Crippen LogP contribution in [0.5, 0.6) is 11.5 Å². The molecule has 0 bridgehead atoms. The molecule has 0 radical (unpaired) electrons. The number of thiophene rings is 1. The maximum absolute atomic E-state index is 12.4. The lowest BCUT2D eigenvalue weighted by atomic mass is 10.1. The predicted octanol–water partition coefficient (Wildman–Crippen LogP) is 2.94. The molecule has 0 aliphatic carbocycles. The molecule has 0 fully saturated rings. The van der Waals surface area contributed by atoms with Gasteiger partial charge in [0.1, 0.15) is 11.5 Å². The van der Waals surface area contributed by atoms with E-state index in [9.17, 15) is 4.79 Å². The second-order valence-electron chi connectivity index (χ2n) is 5.89. The van der Waals surface area contributed by atoms with Crippen LogP contribution in [0, 0.1) is 0 Å². The molecule has 0 spiro atoms. The van der Waals surface area contributed by atoms with Crippen LogP contribution in [0.25, 0.3) is 0 Å². The fourth-order valence-electron chi connectivity index (χ4n) is 2.50. The topological polar surface area (TPSA) is 50.8 Å². The number of hydrogen-bond acceptors (Lipinski definition) is 5. The third kappa shape index (κ3) is 5.47. The highest BCUT2D eigenvalue weighted by Gasteiger charge is 2.19. The standard InChI is InChI=1S/C19H26N2O3S/c1-14(19(22)20-10-9-17-6-5-11-25-17)21(2)13-15-7-8-16(23-3)12-18(15)24-4/h5-8,11-12,14H,9-10,13H2,1-4H3,(H,20,22). The maximum atomic E-state index is 12.4. The summed E-state index contributed by atoms with van der Waals surface area (Å²) in [5.41, 5.74) is 1.02. The fourth-order valence-corrected chi connectivity index (χ4v) is 3.21. The van der Waals surface area contributed by atoms with Crippen molar-refractivity contribution in [3.63, 3.8) is 0 Å². The Morgan fingerprint density at radius 2 is 2.08 bits per heavy atom. The van der Waals surface area contributed by atoms with Crippen molar-refractivity contribution in [1.29, 1.82) is 0 Å². The molecule has 1 aromatic carbocycles. The van der Waals surface area contributed by atoms with E-state index in [1.54, 1.807) is 25.6 Å². The highest BCUT2D eigenvalue weighted by Crippen LogP contribution is 2.25. The van der Waals surface area contributed by atoms with Crippen molar-refractivity contribution in [2.45, 2.75) is 25.9 Å². The van der Waals surface area contributed by atoms with Gasteiger partial charge in [-0.25, -0.2) is 0 Å². The van der Waals surface area contributed by atoms with Gasteiger partial charge in [0, 0.05) is 29.6 Å². The van der Waals surface area contributed by atoms with Gasteiger partial charge in [0.05, 0.1) is 20.3 Å². The Hall–Kier alpha value is -2.05. The zero-order valence-corrected chi connectivity index (χ0v) is 16.1. The predicted molar refractivity (Wildman–Crippen MR) is 102 cm³/mol. The molecule has 25 heavy (non-hydrogen) atoms. The van der Waals surface area contributed by atoms with Crippen molar-refractivity contribution >= 4 is 17.2 Å². The van der Waals surface area contributed by atoms with Crippen LogP contribution in [0.2, 0.25) is 0 Å². The number of nitrogens with zero attached hydrogens (tertiary/aromatic N) is 1. The Bertz CT molecular complexity index is 673. The lowest BCUT2D eigenvalue weighted by Gasteiger charge is -2.24. The first-order valence-corrected chi connectivity index (χ1v) is 9.14. The van der Waals surface area contributed by atoms with E-state index >= 15 is 0 Å². The van der Waals surface area contributed by atoms with Crippen LogP contribution in [0.4, 0.5) is 0 Å². The van der Waals surface area contributed by atoms with Crippen molar-refractivity contribution in [3.8, 4) is 11.5 Å². The van der Waals surface area contributed by atoms with Crippen LogP contribution in [0.1, 0.15) is 17.4 Å². The molecule has 0 saturated heterocycles. The molecule has 1 unspecified atom stereocenters. The van der Waals surface area contributed by atoms with Gasteiger partial charge in [-0.15, -0.1) is 11.3 Å². The number of likely N-dealkylation sites (N-methyl/N-ethyl adjacent to an activating group) is 1. The number of amides is 1. The van der Waals surface area contributed by atoms with Crippen LogP contribution in [0.3, 0.4) is 0 Å². The molecule has 6 heteroatoms. The normalized spacial score (nSPS) is 12.0. The minimum atomic E-state index is -0.227. The van der Waals surface area contributed by atoms with E-state index in [4.69, 9.17) is 9.47 Å². The maximum Gasteiger partial charge on any atom is 0.237 e. The average Bonchev–Trinajstić information content (AvgIpc) is 3.14. The number of nitrogens with one attached hydrogen (secondary N) is 1. The number of benzene rings is 1. The van der Waals surface area contributed by atoms with Crippen molar-refractivity contribution in [2.24, 2.45) is 0 Å². The van der Waals surface area contributed by atoms with Gasteiger partial charge in [-0.05, 0) is 37.9 Å². The molecule has 1 heterocycles. The fraction of sp³-hybridized carbons (Fsp3) is 0.421. The summed E-state index contributed by atoms with van der Waals surface area (Å²) in [4.78, 5) is 15.6. The first kappa shape index (κ1) is 19.3. The zero-order valence-electron chi connectivity index (χ0n) is 15.2. The van der Waals surface area contributed by atoms with Gasteiger partial charge < -0.3 is 14.8 Å². The molecule has 1 N–H and O–H groups in total. The van der Waals surface area contributed by atoms with Crippen LogP contribution in [-0.2, 0) is 17.8 Å². The number of hydrogen-bond donors (Lipinski definition) is 1. The van der Waals surface area contributed by atoms with Crippen LogP contribution in [-0.4, -0.2) is 44.7 Å². The van der Waals surface area contributed by atoms with E-state index in [-0.39, 0.29) is 11.9 Å². The van der Waals surface area contributed by atoms with Gasteiger partial charge in [-0.3, -0.25) is 9.69 Å². The molecule has 1 aromatic heterocycles. The van der Waals surface area contributed by atoms with E-state index in [1.165, 1.54) is 4.88 Å². The number of rotatable bonds is 9. The number of ether oxygens (including phenoxy) is 2. The summed E-state index contributed by atoms with van der Waals surface area (Å²) in [5, 5.41) is 5.06. The lowest BCUT2D eigenvalue weighted by molar-refractivity contribution is -0.125. The zero-order chi connectivity index (χ0) is 18.2. The smallest absolute Gasteiger partial charge is 0.237 e. The Morgan fingerprint density at radius 1 is 1.28 bits per heavy atom. The quantitative estimate of drug-likeness (QED) is 0.745. The van der Waals surface area contributed by atoms with E-state index in [2.05, 4.69) is 16.8 Å². The van der Waals surface area contributed by atoms with Crippen LogP contribution in [0.15, 0.2) is 35.7 Å². The first-order valence-electron chi connectivity index (χ1n) is 8.26. The minimum Gasteiger partial charge on any atom is -0.497 e. The van der Waals surface area contributed by atoms with Gasteiger partial charge >= 0.3 is 0 Å². The number of methoxy groups -OCH3 is 2. The van der Waals surface area contributed by atoms with Crippen LogP contribution >= 0.6 is 11.3 Å². The van der Waals surface area contributed by atoms with Crippen molar-refractivity contribution < 1.29 is 14.3 Å². The summed E-state index contributed by atoms with van der Waals surface area (Å²) in [7, 11) is 5.20. The largest absolute Gasteiger partial charge is 0.497 e. The van der Waals surface area contributed by atoms with Gasteiger partial charge in [0.25, 0.3) is 0 Å². The molecule has 0 aliphatic heterocycles. The molecule has 0 aliphatic rings. The number of carbonyl (C=O) groups excluding carboxylic acids is 1. The summed E-state index contributed by atoms with van der Waals surface area (Å²) < 4.78 is 10.6. The highest BCUT2D eigenvalue weighted by atomic mass is 32.1. The van der Waals surface area contributed by atoms with Crippen molar-refractivity contribution in [3.05, 3.63) is 46.2 Å². The Balaban J connectivity index is 1.88. The third-order valence-corrected chi connectivity index (χ3v) is 5.14. The lowest BCUT2D eigenvalue weighted by Crippen LogP contribution is -2.43. The molecule has 0 saturated carbocycles. The minimum absolute atomic E-state index is 0.0338. The average molecular weight is 362 g/mol. The summed E-state index contributed by atoms with van der Waals surface area (Å²) >= 11 is 1.71. The molecular weight excluding hydrogens is 336 g/mol. The van der Waals surface area contributed by atoms with E-state index in [1.807, 2.05) is 43.1 Å². The summed E-state index contributed by atoms with van der Waals surface area (Å²) in [5.74, 6) is 1.55. The number of carbonyl (C=O) groups is 1. The summed E-state index contributed by atoms with van der Waals surface area (Å²) in [6.45, 7) is 3.19. The Morgan fingerprint density at radius 3 is 2.72 bits per heavy atom. The Labute approximate surface area is 153 Å². The van der Waals surface area contributed by atoms with Gasteiger partial charge in [-0.1, -0.05) is 12.1 Å². The highest BCUT2D eigenvalue weighted by molar-refractivity contribution is 7.09. The second kappa shape index (κ2) is 9.44. The van der Waals surface area contributed by atoms with Gasteiger partial charge in [-0.2, -0.15) is 0 Å². The molecule has 2 aromatic rings. The molecule has 5 nitrogen and oxygen atoms in total. The second-order valence-corrected chi connectivity index (χ2v) is 6.92. The molecule has 2 rings (SSSR count). The third-order valence-electron chi connectivity index (χ3n) is 4.21. The van der Waals surface area contributed by atoms with Crippen LogP contribution < -0.4 is 14.8 Å². The Kier molecular flexibility index (Phi) is 7.28. The van der Waals surface area contributed by atoms with Gasteiger partial charge in [0.15, 0.2) is 0 Å². The van der Waals surface area contributed by atoms with Crippen molar-refractivity contribution in [2.75, 3.05) is 27.8 Å². The molecule has 1 amide bonds. The molecule has 136 valence electrons. The summed E-state index contributed by atoms with van der Waals surface area (Å²) in [6, 6.07) is 9.61. The van der Waals surface area contributed by atoms with E-state index in [0.717, 1.165) is 23.5 Å². The monoisotopic (exact) mass is 362 g/mol.